The Balaban J connectivity index is 2.17. The van der Waals surface area contributed by atoms with Crippen molar-refractivity contribution in [2.75, 3.05) is 11.5 Å². The molecule has 1 atom stereocenters. The van der Waals surface area contributed by atoms with Crippen molar-refractivity contribution >= 4 is 20.6 Å². The topological polar surface area (TPSA) is 54.4 Å². The monoisotopic (exact) mass is 310 g/mol. The fourth-order valence-corrected chi connectivity index (χ4v) is 3.27. The maximum Gasteiger partial charge on any atom is 0.150 e. The van der Waals surface area contributed by atoms with Crippen LogP contribution in [0.25, 0.3) is 10.8 Å². The van der Waals surface area contributed by atoms with E-state index in [1.54, 1.807) is 37.3 Å². The van der Waals surface area contributed by atoms with Crippen LogP contribution >= 0.6 is 0 Å². The van der Waals surface area contributed by atoms with Gasteiger partial charge in [-0.3, -0.25) is 0 Å². The lowest BCUT2D eigenvalue weighted by Crippen LogP contribution is -2.10. The molecule has 3 nitrogen and oxygen atoms in total. The number of aliphatic hydroxyl groups excluding tert-OH is 1. The predicted octanol–water partition coefficient (Wildman–Crippen LogP) is 3.23. The zero-order valence-corrected chi connectivity index (χ0v) is 12.7. The zero-order valence-electron chi connectivity index (χ0n) is 11.9. The first-order chi connectivity index (χ1) is 9.94. The maximum absolute atomic E-state index is 13.7. The molecule has 0 heterocycles. The number of hydrogen-bond donors (Lipinski definition) is 1. The van der Waals surface area contributed by atoms with Crippen molar-refractivity contribution in [1.82, 2.24) is 0 Å². The van der Waals surface area contributed by atoms with Crippen LogP contribution in [0.5, 0.6) is 0 Å². The zero-order chi connectivity index (χ0) is 15.5. The summed E-state index contributed by atoms with van der Waals surface area (Å²) in [6, 6.07) is 9.87. The highest BCUT2D eigenvalue weighted by atomic mass is 32.2. The molecule has 1 unspecified atom stereocenters. The average molecular weight is 310 g/mol. The molecule has 0 fully saturated rings. The largest absolute Gasteiger partial charge is 0.388 e. The van der Waals surface area contributed by atoms with E-state index >= 15 is 0 Å². The number of fused-ring (bicyclic) bond motifs is 1. The molecule has 0 radical (unpaired) electrons. The summed E-state index contributed by atoms with van der Waals surface area (Å²) >= 11 is 0. The number of benzene rings is 2. The molecule has 0 aliphatic carbocycles. The number of sulfone groups is 1. The number of rotatable bonds is 6. The average Bonchev–Trinajstić information content (AvgIpc) is 2.47. The van der Waals surface area contributed by atoms with Crippen molar-refractivity contribution in [3.05, 3.63) is 47.8 Å². The normalized spacial score (nSPS) is 13.5. The van der Waals surface area contributed by atoms with Crippen LogP contribution in [0.15, 0.2) is 36.4 Å². The van der Waals surface area contributed by atoms with Crippen LogP contribution < -0.4 is 0 Å². The molecule has 0 saturated heterocycles. The Bertz CT molecular complexity index is 725. The van der Waals surface area contributed by atoms with Gasteiger partial charge in [-0.1, -0.05) is 37.3 Å². The molecule has 114 valence electrons. The van der Waals surface area contributed by atoms with E-state index in [0.717, 1.165) is 0 Å². The minimum absolute atomic E-state index is 0.0691. The lowest BCUT2D eigenvalue weighted by Gasteiger charge is -2.14. The Morgan fingerprint density at radius 1 is 1.14 bits per heavy atom. The third-order valence-electron chi connectivity index (χ3n) is 3.64. The van der Waals surface area contributed by atoms with Crippen LogP contribution in [0.2, 0.25) is 0 Å². The second-order valence-electron chi connectivity index (χ2n) is 5.08. The summed E-state index contributed by atoms with van der Waals surface area (Å²) in [6.07, 6.45) is -0.0553. The van der Waals surface area contributed by atoms with Gasteiger partial charge in [0.25, 0.3) is 0 Å². The van der Waals surface area contributed by atoms with Gasteiger partial charge in [-0.15, -0.1) is 0 Å². The molecular weight excluding hydrogens is 291 g/mol. The quantitative estimate of drug-likeness (QED) is 0.891. The highest BCUT2D eigenvalue weighted by molar-refractivity contribution is 7.91. The molecule has 21 heavy (non-hydrogen) atoms. The van der Waals surface area contributed by atoms with Gasteiger partial charge in [0, 0.05) is 11.1 Å². The van der Waals surface area contributed by atoms with E-state index in [-0.39, 0.29) is 17.3 Å². The van der Waals surface area contributed by atoms with Crippen LogP contribution in [-0.2, 0) is 9.84 Å². The van der Waals surface area contributed by atoms with E-state index in [0.29, 0.717) is 29.2 Å². The van der Waals surface area contributed by atoms with Gasteiger partial charge >= 0.3 is 0 Å². The van der Waals surface area contributed by atoms with Crippen LogP contribution in [0.1, 0.15) is 31.4 Å². The summed E-state index contributed by atoms with van der Waals surface area (Å²) in [7, 11) is -3.02. The summed E-state index contributed by atoms with van der Waals surface area (Å²) in [5, 5.41) is 11.4. The van der Waals surface area contributed by atoms with E-state index in [9.17, 15) is 17.9 Å². The first kappa shape index (κ1) is 15.9. The van der Waals surface area contributed by atoms with E-state index < -0.39 is 15.9 Å². The van der Waals surface area contributed by atoms with Gasteiger partial charge in [0.1, 0.15) is 15.7 Å². The Morgan fingerprint density at radius 2 is 1.81 bits per heavy atom. The van der Waals surface area contributed by atoms with E-state index in [2.05, 4.69) is 0 Å². The highest BCUT2D eigenvalue weighted by Gasteiger charge is 2.15. The summed E-state index contributed by atoms with van der Waals surface area (Å²) < 4.78 is 36.6. The lowest BCUT2D eigenvalue weighted by atomic mass is 9.98. The maximum atomic E-state index is 13.7. The highest BCUT2D eigenvalue weighted by Crippen LogP contribution is 2.28. The fraction of sp³-hybridized carbons (Fsp3) is 0.375. The minimum Gasteiger partial charge on any atom is -0.388 e. The number of halogens is 1. The van der Waals surface area contributed by atoms with Crippen molar-refractivity contribution < 1.29 is 17.9 Å². The molecule has 5 heteroatoms. The number of hydrogen-bond acceptors (Lipinski definition) is 3. The van der Waals surface area contributed by atoms with E-state index in [1.807, 2.05) is 0 Å². The standard InChI is InChI=1S/C16H19FO3S/c1-2-21(19,20)11-5-8-16(18)14-9-10-15(17)13-7-4-3-6-12(13)14/h3-4,6-7,9-10,16,18H,2,5,8,11H2,1H3. The van der Waals surface area contributed by atoms with Crippen LogP contribution in [0, 0.1) is 5.82 Å². The molecule has 2 rings (SSSR count). The van der Waals surface area contributed by atoms with Crippen molar-refractivity contribution in [3.63, 3.8) is 0 Å². The second kappa shape index (κ2) is 6.54. The molecule has 0 aromatic heterocycles. The van der Waals surface area contributed by atoms with Gasteiger partial charge in [-0.2, -0.15) is 0 Å². The van der Waals surface area contributed by atoms with Gasteiger partial charge in [-0.25, -0.2) is 12.8 Å². The van der Waals surface area contributed by atoms with E-state index in [1.165, 1.54) is 6.07 Å². The first-order valence-corrected chi connectivity index (χ1v) is 8.82. The summed E-state index contributed by atoms with van der Waals surface area (Å²) in [5.74, 6) is -0.141. The predicted molar refractivity (Wildman–Crippen MR) is 82.4 cm³/mol. The Morgan fingerprint density at radius 3 is 2.48 bits per heavy atom. The molecule has 0 amide bonds. The van der Waals surface area contributed by atoms with Crippen LogP contribution in [-0.4, -0.2) is 25.0 Å². The molecular formula is C16H19FO3S. The smallest absolute Gasteiger partial charge is 0.150 e. The van der Waals surface area contributed by atoms with Crippen molar-refractivity contribution in [2.24, 2.45) is 0 Å². The van der Waals surface area contributed by atoms with Crippen molar-refractivity contribution in [2.45, 2.75) is 25.9 Å². The van der Waals surface area contributed by atoms with Gasteiger partial charge in [0.2, 0.25) is 0 Å². The lowest BCUT2D eigenvalue weighted by molar-refractivity contribution is 0.168. The summed E-state index contributed by atoms with van der Waals surface area (Å²) in [4.78, 5) is 0. The van der Waals surface area contributed by atoms with Gasteiger partial charge in [0.05, 0.1) is 11.9 Å². The third-order valence-corrected chi connectivity index (χ3v) is 5.43. The van der Waals surface area contributed by atoms with Crippen LogP contribution in [0.4, 0.5) is 4.39 Å². The van der Waals surface area contributed by atoms with Crippen molar-refractivity contribution in [3.8, 4) is 0 Å². The number of aliphatic hydroxyl groups is 1. The second-order valence-corrected chi connectivity index (χ2v) is 7.55. The molecule has 2 aromatic carbocycles. The summed E-state index contributed by atoms with van der Waals surface area (Å²) in [6.45, 7) is 1.61. The van der Waals surface area contributed by atoms with Crippen molar-refractivity contribution in [1.29, 1.82) is 0 Å². The molecule has 2 aromatic rings. The Labute approximate surface area is 124 Å². The van der Waals surface area contributed by atoms with E-state index in [4.69, 9.17) is 0 Å². The first-order valence-electron chi connectivity index (χ1n) is 7.00. The molecule has 0 bridgehead atoms. The molecule has 0 aliphatic rings. The van der Waals surface area contributed by atoms with Gasteiger partial charge < -0.3 is 5.11 Å². The Hall–Kier alpha value is -1.46. The SMILES string of the molecule is CCS(=O)(=O)CCCC(O)c1ccc(F)c2ccccc12. The molecule has 1 N–H and O–H groups in total. The minimum atomic E-state index is -3.02. The summed E-state index contributed by atoms with van der Waals surface area (Å²) in [5.41, 5.74) is 0.640. The fourth-order valence-electron chi connectivity index (χ4n) is 2.37. The molecule has 0 aliphatic heterocycles. The molecule has 0 spiro atoms. The Kier molecular flexibility index (Phi) is 4.96. The third kappa shape index (κ3) is 3.80. The molecule has 0 saturated carbocycles. The van der Waals surface area contributed by atoms with Gasteiger partial charge in [0.15, 0.2) is 0 Å². The van der Waals surface area contributed by atoms with Gasteiger partial charge in [-0.05, 0) is 29.9 Å². The van der Waals surface area contributed by atoms with Crippen LogP contribution in [0.3, 0.4) is 0 Å².